The summed E-state index contributed by atoms with van der Waals surface area (Å²) in [6.45, 7) is -0.0909. The van der Waals surface area contributed by atoms with Gasteiger partial charge in [-0.1, -0.05) is 0 Å². The monoisotopic (exact) mass is 294 g/mol. The quantitative estimate of drug-likeness (QED) is 0.635. The maximum Gasteiger partial charge on any atom is 0.233 e. The van der Waals surface area contributed by atoms with Gasteiger partial charge in [0.25, 0.3) is 0 Å². The number of hydrogen-bond donors (Lipinski definition) is 2. The van der Waals surface area contributed by atoms with E-state index < -0.39 is 16.7 Å². The Morgan fingerprint density at radius 3 is 3.11 bits per heavy atom. The van der Waals surface area contributed by atoms with Crippen LogP contribution >= 0.6 is 11.3 Å². The lowest BCUT2D eigenvalue weighted by molar-refractivity contribution is -0.118. The number of nitrogen functional groups attached to an aromatic ring is 1. The fraction of sp³-hybridized carbons (Fsp3) is 0.182. The normalized spacial score (nSPS) is 11.9. The van der Waals surface area contributed by atoms with Gasteiger partial charge in [0, 0.05) is 5.69 Å². The molecule has 3 N–H and O–H groups in total. The van der Waals surface area contributed by atoms with Crippen LogP contribution in [0.15, 0.2) is 22.5 Å². The summed E-state index contributed by atoms with van der Waals surface area (Å²) in [6.07, 6.45) is 0. The summed E-state index contributed by atoms with van der Waals surface area (Å²) < 4.78 is 13.2. The molecule has 0 aliphatic rings. The van der Waals surface area contributed by atoms with Crippen molar-refractivity contribution in [2.75, 3.05) is 18.0 Å². The fourth-order valence-corrected chi connectivity index (χ4v) is 3.61. The van der Waals surface area contributed by atoms with Gasteiger partial charge in [0.1, 0.15) is 12.3 Å². The zero-order valence-corrected chi connectivity index (χ0v) is 11.4. The molecule has 2 rings (SSSR count). The van der Waals surface area contributed by atoms with Gasteiger partial charge in [-0.15, -0.1) is 11.3 Å². The molecule has 0 saturated heterocycles. The highest BCUT2D eigenvalue weighted by Gasteiger charge is 2.14. The average molecular weight is 294 g/mol. The summed E-state index contributed by atoms with van der Waals surface area (Å²) in [5.41, 5.74) is 6.97. The van der Waals surface area contributed by atoms with E-state index in [1.54, 1.807) is 24.3 Å². The van der Waals surface area contributed by atoms with E-state index in [1.165, 1.54) is 11.3 Å². The van der Waals surface area contributed by atoms with Crippen LogP contribution in [0.25, 0.3) is 10.2 Å². The number of nitrogens with zero attached hydrogens (tertiary/aromatic N) is 2. The second-order valence-electron chi connectivity index (χ2n) is 3.63. The van der Waals surface area contributed by atoms with Crippen LogP contribution in [0.3, 0.4) is 0 Å². The van der Waals surface area contributed by atoms with Gasteiger partial charge >= 0.3 is 0 Å². The molecule has 6 nitrogen and oxygen atoms in total. The molecule has 2 aromatic rings. The summed E-state index contributed by atoms with van der Waals surface area (Å²) >= 11 is 1.25. The van der Waals surface area contributed by atoms with Gasteiger partial charge in [-0.05, 0) is 18.2 Å². The number of benzene rings is 1. The third kappa shape index (κ3) is 3.27. The van der Waals surface area contributed by atoms with Crippen molar-refractivity contribution in [2.45, 2.75) is 4.34 Å². The highest BCUT2D eigenvalue weighted by Crippen LogP contribution is 2.26. The van der Waals surface area contributed by atoms with Crippen LogP contribution in [0, 0.1) is 11.3 Å². The predicted molar refractivity (Wildman–Crippen MR) is 73.9 cm³/mol. The molecule has 0 saturated carbocycles. The largest absolute Gasteiger partial charge is 0.399 e. The maximum atomic E-state index is 12.0. The van der Waals surface area contributed by atoms with Gasteiger partial charge in [-0.25, -0.2) is 4.98 Å². The Hall–Kier alpha value is -1.98. The number of nitrogens with two attached hydrogens (primary N) is 1. The molecule has 1 unspecified atom stereocenters. The lowest BCUT2D eigenvalue weighted by atomic mass is 10.3. The topological polar surface area (TPSA) is 109 Å². The first-order valence-corrected chi connectivity index (χ1v) is 7.42. The lowest BCUT2D eigenvalue weighted by Gasteiger charge is -1.98. The number of amides is 1. The van der Waals surface area contributed by atoms with E-state index in [0.717, 1.165) is 4.70 Å². The molecule has 19 heavy (non-hydrogen) atoms. The van der Waals surface area contributed by atoms with E-state index in [2.05, 4.69) is 10.3 Å². The highest BCUT2D eigenvalue weighted by atomic mass is 32.2. The number of fused-ring (bicyclic) bond motifs is 1. The second-order valence-corrected chi connectivity index (χ2v) is 6.29. The van der Waals surface area contributed by atoms with Crippen molar-refractivity contribution in [1.29, 1.82) is 5.26 Å². The Morgan fingerprint density at radius 2 is 2.37 bits per heavy atom. The summed E-state index contributed by atoms with van der Waals surface area (Å²) in [6, 6.07) is 7.00. The summed E-state index contributed by atoms with van der Waals surface area (Å²) in [7, 11) is -1.51. The molecule has 98 valence electrons. The van der Waals surface area contributed by atoms with E-state index in [-0.39, 0.29) is 12.3 Å². The van der Waals surface area contributed by atoms with Crippen LogP contribution in [0.2, 0.25) is 0 Å². The van der Waals surface area contributed by atoms with E-state index in [0.29, 0.717) is 15.5 Å². The minimum absolute atomic E-state index is 0.0909. The van der Waals surface area contributed by atoms with Crippen molar-refractivity contribution in [1.82, 2.24) is 10.3 Å². The van der Waals surface area contributed by atoms with Crippen molar-refractivity contribution < 1.29 is 9.00 Å². The Kier molecular flexibility index (Phi) is 4.09. The first-order valence-electron chi connectivity index (χ1n) is 5.28. The Bertz CT molecular complexity index is 690. The van der Waals surface area contributed by atoms with E-state index in [4.69, 9.17) is 11.0 Å². The minimum Gasteiger partial charge on any atom is -0.399 e. The first kappa shape index (κ1) is 13.5. The van der Waals surface area contributed by atoms with Gasteiger partial charge in [0.05, 0.1) is 27.1 Å². The number of thiazole rings is 1. The molecule has 8 heteroatoms. The molecule has 0 spiro atoms. The lowest BCUT2D eigenvalue weighted by Crippen LogP contribution is -2.28. The number of carbonyl (C=O) groups excluding carboxylic acids is 1. The number of carbonyl (C=O) groups is 1. The molecule has 0 aliphatic carbocycles. The zero-order chi connectivity index (χ0) is 13.8. The Morgan fingerprint density at radius 1 is 1.58 bits per heavy atom. The molecule has 0 aliphatic heterocycles. The second kappa shape index (κ2) is 5.77. The third-order valence-electron chi connectivity index (χ3n) is 2.21. The first-order chi connectivity index (χ1) is 9.10. The van der Waals surface area contributed by atoms with Crippen molar-refractivity contribution in [3.05, 3.63) is 18.2 Å². The summed E-state index contributed by atoms with van der Waals surface area (Å²) in [5, 5.41) is 10.7. The van der Waals surface area contributed by atoms with Crippen molar-refractivity contribution in [3.63, 3.8) is 0 Å². The van der Waals surface area contributed by atoms with Crippen molar-refractivity contribution in [2.24, 2.45) is 0 Å². The fourth-order valence-electron chi connectivity index (χ4n) is 1.39. The third-order valence-corrected chi connectivity index (χ3v) is 4.84. The van der Waals surface area contributed by atoms with Crippen molar-refractivity contribution >= 4 is 43.9 Å². The zero-order valence-electron chi connectivity index (χ0n) is 9.75. The molecule has 1 aromatic carbocycles. The molecular weight excluding hydrogens is 284 g/mol. The number of aromatic nitrogens is 1. The summed E-state index contributed by atoms with van der Waals surface area (Å²) in [4.78, 5) is 15.6. The van der Waals surface area contributed by atoms with Crippen LogP contribution in [0.1, 0.15) is 0 Å². The average Bonchev–Trinajstić information content (AvgIpc) is 2.79. The van der Waals surface area contributed by atoms with Gasteiger partial charge in [-0.2, -0.15) is 5.26 Å². The van der Waals surface area contributed by atoms with Crippen LogP contribution < -0.4 is 11.1 Å². The molecular formula is C11H10N4O2S2. The molecule has 1 atom stereocenters. The Balaban J connectivity index is 2.13. The molecule has 0 bridgehead atoms. The predicted octanol–water partition coefficient (Wildman–Crippen LogP) is 0.626. The van der Waals surface area contributed by atoms with Crippen LogP contribution in [-0.4, -0.2) is 27.4 Å². The molecule has 1 aromatic heterocycles. The van der Waals surface area contributed by atoms with Crippen LogP contribution in [0.5, 0.6) is 0 Å². The number of nitrogens with one attached hydrogen (secondary N) is 1. The van der Waals surface area contributed by atoms with Gasteiger partial charge < -0.3 is 11.1 Å². The van der Waals surface area contributed by atoms with Gasteiger partial charge in [0.15, 0.2) is 4.34 Å². The Labute approximate surface area is 115 Å². The molecule has 1 amide bonds. The molecule has 0 fully saturated rings. The van der Waals surface area contributed by atoms with Gasteiger partial charge in [-0.3, -0.25) is 9.00 Å². The minimum atomic E-state index is -1.51. The maximum absolute atomic E-state index is 12.0. The van der Waals surface area contributed by atoms with E-state index in [1.807, 2.05) is 0 Å². The van der Waals surface area contributed by atoms with Crippen LogP contribution in [-0.2, 0) is 15.6 Å². The number of anilines is 1. The summed E-state index contributed by atoms with van der Waals surface area (Å²) in [5.74, 6) is -0.629. The van der Waals surface area contributed by atoms with E-state index in [9.17, 15) is 9.00 Å². The number of hydrogen-bond acceptors (Lipinski definition) is 6. The number of nitriles is 1. The highest BCUT2D eigenvalue weighted by molar-refractivity contribution is 7.88. The van der Waals surface area contributed by atoms with E-state index >= 15 is 0 Å². The smallest absolute Gasteiger partial charge is 0.233 e. The van der Waals surface area contributed by atoms with Crippen LogP contribution in [0.4, 0.5) is 5.69 Å². The standard InChI is InChI=1S/C11H10N4O2S2/c12-3-4-14-10(16)6-19(17)11-15-8-2-1-7(13)5-9(8)18-11/h1-2,5H,4,6,13H2,(H,14,16). The number of rotatable bonds is 4. The molecule has 0 radical (unpaired) electrons. The SMILES string of the molecule is N#CCNC(=O)CS(=O)c1nc2ccc(N)cc2s1. The van der Waals surface area contributed by atoms with Gasteiger partial charge in [0.2, 0.25) is 5.91 Å². The molecule has 1 heterocycles. The van der Waals surface area contributed by atoms with Crippen molar-refractivity contribution in [3.8, 4) is 6.07 Å².